The van der Waals surface area contributed by atoms with Crippen LogP contribution in [0, 0.1) is 0 Å². The second-order valence-electron chi connectivity index (χ2n) is 5.43. The molecule has 148 valence electrons. The van der Waals surface area contributed by atoms with E-state index >= 15 is 0 Å². The van der Waals surface area contributed by atoms with Crippen LogP contribution in [0.3, 0.4) is 0 Å². The lowest BCUT2D eigenvalue weighted by Gasteiger charge is -2.16. The number of nitrogens with zero attached hydrogens (tertiary/aromatic N) is 5. The standard InChI is InChI=1S/C15H17N5O5P2S/c1-20(17-10-12-2-6-14(7-3-12)24-19-18-16)26(28)25-15-8-4-13(5-9-15)11-27(21,22)23/h2-10,26H,11H2,1H3,(H2,21,22,23)/b17-10+. The van der Waals surface area contributed by atoms with Crippen LogP contribution in [0.1, 0.15) is 11.1 Å². The largest absolute Gasteiger partial charge is 0.450 e. The molecule has 0 radical (unpaired) electrons. The van der Waals surface area contributed by atoms with Crippen molar-refractivity contribution in [3.8, 4) is 11.5 Å². The van der Waals surface area contributed by atoms with E-state index in [2.05, 4.69) is 15.3 Å². The summed E-state index contributed by atoms with van der Waals surface area (Å²) in [6.45, 7) is 0. The van der Waals surface area contributed by atoms with E-state index in [1.54, 1.807) is 61.8 Å². The van der Waals surface area contributed by atoms with Crippen LogP contribution in [0.2, 0.25) is 0 Å². The molecule has 28 heavy (non-hydrogen) atoms. The topological polar surface area (TPSA) is 140 Å². The highest BCUT2D eigenvalue weighted by Crippen LogP contribution is 2.39. The molecule has 0 aromatic heterocycles. The Morgan fingerprint density at radius 2 is 1.82 bits per heavy atom. The van der Waals surface area contributed by atoms with E-state index in [-0.39, 0.29) is 6.16 Å². The first kappa shape index (κ1) is 21.9. The van der Waals surface area contributed by atoms with Gasteiger partial charge in [-0.15, -0.1) is 0 Å². The van der Waals surface area contributed by atoms with Gasteiger partial charge in [-0.1, -0.05) is 12.1 Å². The van der Waals surface area contributed by atoms with Crippen molar-refractivity contribution in [2.75, 3.05) is 7.05 Å². The fraction of sp³-hybridized carbons (Fsp3) is 0.133. The Balaban J connectivity index is 1.92. The van der Waals surface area contributed by atoms with Gasteiger partial charge in [-0.25, -0.2) is 4.78 Å². The Hall–Kier alpha value is -2.38. The summed E-state index contributed by atoms with van der Waals surface area (Å²) in [5.41, 5.74) is 9.50. The van der Waals surface area contributed by atoms with Crippen molar-refractivity contribution < 1.29 is 23.7 Å². The normalized spacial score (nSPS) is 12.2. The molecular formula is C15H17N5O5P2S. The molecular weight excluding hydrogens is 424 g/mol. The van der Waals surface area contributed by atoms with Crippen LogP contribution in [-0.2, 0) is 22.5 Å². The second-order valence-corrected chi connectivity index (χ2v) is 9.51. The summed E-state index contributed by atoms with van der Waals surface area (Å²) in [4.78, 5) is 25.2. The predicted octanol–water partition coefficient (Wildman–Crippen LogP) is 3.82. The number of hydrogen-bond donors (Lipinski definition) is 2. The Morgan fingerprint density at radius 1 is 1.21 bits per heavy atom. The van der Waals surface area contributed by atoms with Gasteiger partial charge in [0.1, 0.15) is 16.8 Å². The summed E-state index contributed by atoms with van der Waals surface area (Å²) < 4.78 is 18.2. The first-order valence-corrected chi connectivity index (χ1v) is 12.0. The lowest BCUT2D eigenvalue weighted by atomic mass is 10.2. The van der Waals surface area contributed by atoms with Gasteiger partial charge >= 0.3 is 7.60 Å². The molecule has 0 saturated heterocycles. The summed E-state index contributed by atoms with van der Waals surface area (Å²) >= 11 is 5.35. The Labute approximate surface area is 166 Å². The third-order valence-corrected chi connectivity index (χ3v) is 6.10. The predicted molar refractivity (Wildman–Crippen MR) is 110 cm³/mol. The summed E-state index contributed by atoms with van der Waals surface area (Å²) in [5, 5.41) is 7.25. The van der Waals surface area contributed by atoms with Gasteiger partial charge < -0.3 is 19.1 Å². The second kappa shape index (κ2) is 10.2. The van der Waals surface area contributed by atoms with Gasteiger partial charge in [-0.2, -0.15) is 5.10 Å². The molecule has 0 aliphatic rings. The van der Waals surface area contributed by atoms with E-state index in [1.165, 1.54) is 4.78 Å². The van der Waals surface area contributed by atoms with Crippen LogP contribution in [0.15, 0.2) is 58.9 Å². The number of rotatable bonds is 9. The molecule has 0 amide bonds. The molecule has 2 aromatic rings. The van der Waals surface area contributed by atoms with Crippen LogP contribution in [0.4, 0.5) is 0 Å². The zero-order valence-corrected chi connectivity index (χ0v) is 17.3. The average Bonchev–Trinajstić information content (AvgIpc) is 2.65. The zero-order valence-electron chi connectivity index (χ0n) is 14.6. The smallest absolute Gasteiger partial charge is 0.329 e. The van der Waals surface area contributed by atoms with Gasteiger partial charge in [0.2, 0.25) is 7.07 Å². The van der Waals surface area contributed by atoms with Gasteiger partial charge in [-0.3, -0.25) is 4.57 Å². The Bertz CT molecular complexity index is 942. The van der Waals surface area contributed by atoms with Crippen LogP contribution >= 0.6 is 14.7 Å². The molecule has 0 aliphatic heterocycles. The van der Waals surface area contributed by atoms with Crippen molar-refractivity contribution in [3.05, 3.63) is 70.1 Å². The number of benzene rings is 2. The van der Waals surface area contributed by atoms with Crippen LogP contribution in [0.5, 0.6) is 11.5 Å². The van der Waals surface area contributed by atoms with Gasteiger partial charge in [0.25, 0.3) is 0 Å². The van der Waals surface area contributed by atoms with Crippen LogP contribution < -0.4 is 9.36 Å². The van der Waals surface area contributed by atoms with Gasteiger partial charge in [0, 0.05) is 12.0 Å². The minimum absolute atomic E-state index is 0.324. The van der Waals surface area contributed by atoms with Crippen LogP contribution in [-0.4, -0.2) is 27.8 Å². The Morgan fingerprint density at radius 3 is 2.39 bits per heavy atom. The summed E-state index contributed by atoms with van der Waals surface area (Å²) in [7, 11) is -4.28. The quantitative estimate of drug-likeness (QED) is 0.151. The molecule has 10 nitrogen and oxygen atoms in total. The van der Waals surface area contributed by atoms with Crippen LogP contribution in [0.25, 0.3) is 10.4 Å². The summed E-state index contributed by atoms with van der Waals surface area (Å²) in [5.74, 6) is 0.904. The highest BCUT2D eigenvalue weighted by Gasteiger charge is 2.13. The van der Waals surface area contributed by atoms with E-state index in [1.807, 2.05) is 0 Å². The van der Waals surface area contributed by atoms with Crippen molar-refractivity contribution in [1.82, 2.24) is 4.78 Å². The summed E-state index contributed by atoms with van der Waals surface area (Å²) in [6, 6.07) is 13.1. The van der Waals surface area contributed by atoms with E-state index in [4.69, 9.17) is 36.5 Å². The van der Waals surface area contributed by atoms with Gasteiger partial charge in [0.05, 0.1) is 12.4 Å². The molecule has 2 aromatic carbocycles. The number of hydrazone groups is 1. The first-order chi connectivity index (χ1) is 13.3. The maximum atomic E-state index is 11.0. The fourth-order valence-electron chi connectivity index (χ4n) is 1.95. The maximum Gasteiger partial charge on any atom is 0.329 e. The van der Waals surface area contributed by atoms with Crippen molar-refractivity contribution >= 4 is 32.7 Å². The van der Waals surface area contributed by atoms with Crippen molar-refractivity contribution in [3.63, 3.8) is 0 Å². The van der Waals surface area contributed by atoms with Crippen molar-refractivity contribution in [1.29, 1.82) is 0 Å². The van der Waals surface area contributed by atoms with Crippen molar-refractivity contribution in [2.24, 2.45) is 10.4 Å². The number of hydrogen-bond acceptors (Lipinski definition) is 6. The lowest BCUT2D eigenvalue weighted by Crippen LogP contribution is -2.03. The summed E-state index contributed by atoms with van der Waals surface area (Å²) in [6.07, 6.45) is 1.27. The van der Waals surface area contributed by atoms with E-state index in [9.17, 15) is 4.57 Å². The maximum absolute atomic E-state index is 11.0. The SMILES string of the molecule is CN(/N=C/c1ccc(ON=[N+]=[N-])cc1)[PH](=S)Oc1ccc(CP(=O)(O)O)cc1. The van der Waals surface area contributed by atoms with Gasteiger partial charge in [0.15, 0.2) is 0 Å². The monoisotopic (exact) mass is 441 g/mol. The highest BCUT2D eigenvalue weighted by atomic mass is 32.4. The van der Waals surface area contributed by atoms with Crippen molar-refractivity contribution in [2.45, 2.75) is 6.16 Å². The average molecular weight is 441 g/mol. The minimum Gasteiger partial charge on any atom is -0.450 e. The fourth-order valence-corrected chi connectivity index (χ4v) is 3.69. The molecule has 0 heterocycles. The highest BCUT2D eigenvalue weighted by molar-refractivity contribution is 8.02. The minimum atomic E-state index is -4.10. The molecule has 1 atom stereocenters. The number of azide groups is 1. The third kappa shape index (κ3) is 7.70. The van der Waals surface area contributed by atoms with E-state index in [0.29, 0.717) is 17.1 Å². The molecule has 13 heteroatoms. The Kier molecular flexibility index (Phi) is 8.02. The van der Waals surface area contributed by atoms with E-state index in [0.717, 1.165) is 5.56 Å². The molecule has 0 saturated carbocycles. The zero-order chi connectivity index (χ0) is 20.6. The lowest BCUT2D eigenvalue weighted by molar-refractivity contribution is 0.333. The van der Waals surface area contributed by atoms with E-state index < -0.39 is 14.7 Å². The third-order valence-electron chi connectivity index (χ3n) is 3.22. The molecule has 1 unspecified atom stereocenters. The molecule has 2 N–H and O–H groups in total. The first-order valence-electron chi connectivity index (χ1n) is 7.71. The molecule has 0 bridgehead atoms. The molecule has 0 fully saturated rings. The molecule has 2 rings (SSSR count). The van der Waals surface area contributed by atoms with Gasteiger partial charge in [-0.05, 0) is 64.9 Å². The molecule has 0 spiro atoms. The molecule has 0 aliphatic carbocycles.